The smallest absolute Gasteiger partial charge is 0.416 e. The van der Waals surface area contributed by atoms with E-state index in [4.69, 9.17) is 4.74 Å². The normalized spacial score (nSPS) is 18.5. The van der Waals surface area contributed by atoms with Gasteiger partial charge in [-0.25, -0.2) is 9.59 Å². The molecule has 2 amide bonds. The lowest BCUT2D eigenvalue weighted by atomic mass is 9.94. The zero-order valence-corrected chi connectivity index (χ0v) is 13.4. The molecule has 0 fully saturated rings. The largest absolute Gasteiger partial charge is 0.463 e. The summed E-state index contributed by atoms with van der Waals surface area (Å²) < 4.78 is 43.8. The van der Waals surface area contributed by atoms with Gasteiger partial charge in [0.25, 0.3) is 0 Å². The van der Waals surface area contributed by atoms with Crippen LogP contribution in [-0.4, -0.2) is 30.6 Å². The van der Waals surface area contributed by atoms with Gasteiger partial charge in [-0.2, -0.15) is 13.2 Å². The third kappa shape index (κ3) is 3.37. The number of carbonyl (C=O) groups is 2. The summed E-state index contributed by atoms with van der Waals surface area (Å²) in [5.74, 6) is -0.677. The van der Waals surface area contributed by atoms with E-state index in [1.54, 1.807) is 13.8 Å². The predicted octanol–water partition coefficient (Wildman–Crippen LogP) is 3.24. The van der Waals surface area contributed by atoms with Crippen molar-refractivity contribution in [3.8, 4) is 0 Å². The molecule has 0 spiro atoms. The first-order valence-electron chi connectivity index (χ1n) is 7.26. The highest BCUT2D eigenvalue weighted by Gasteiger charge is 2.36. The van der Waals surface area contributed by atoms with Crippen LogP contribution in [0.5, 0.6) is 0 Å². The number of nitrogens with zero attached hydrogens (tertiary/aromatic N) is 1. The fourth-order valence-corrected chi connectivity index (χ4v) is 2.45. The molecule has 1 aromatic carbocycles. The van der Waals surface area contributed by atoms with Crippen LogP contribution in [0.15, 0.2) is 35.5 Å². The van der Waals surface area contributed by atoms with Crippen LogP contribution in [0.3, 0.4) is 0 Å². The second-order valence-electron chi connectivity index (χ2n) is 5.28. The Morgan fingerprint density at radius 2 is 2.04 bits per heavy atom. The van der Waals surface area contributed by atoms with E-state index >= 15 is 0 Å². The summed E-state index contributed by atoms with van der Waals surface area (Å²) in [4.78, 5) is 25.5. The van der Waals surface area contributed by atoms with E-state index < -0.39 is 29.8 Å². The van der Waals surface area contributed by atoms with Crippen LogP contribution in [0.2, 0.25) is 0 Å². The van der Waals surface area contributed by atoms with E-state index in [0.717, 1.165) is 12.1 Å². The number of halogens is 3. The number of carbonyl (C=O) groups excluding carboxylic acids is 2. The number of rotatable bonds is 3. The summed E-state index contributed by atoms with van der Waals surface area (Å²) in [5.41, 5.74) is -0.249. The molecule has 1 aliphatic heterocycles. The Hall–Kier alpha value is -2.51. The van der Waals surface area contributed by atoms with Crippen LogP contribution >= 0.6 is 0 Å². The number of hydrogen-bond donors (Lipinski definition) is 1. The Kier molecular flexibility index (Phi) is 4.86. The minimum Gasteiger partial charge on any atom is -0.463 e. The fourth-order valence-electron chi connectivity index (χ4n) is 2.45. The number of alkyl halides is 3. The zero-order chi connectivity index (χ0) is 18.1. The monoisotopic (exact) mass is 342 g/mol. The minimum absolute atomic E-state index is 0.110. The lowest BCUT2D eigenvalue weighted by Gasteiger charge is -2.33. The molecule has 0 unspecified atom stereocenters. The van der Waals surface area contributed by atoms with Crippen molar-refractivity contribution in [1.29, 1.82) is 0 Å². The maximum Gasteiger partial charge on any atom is 0.416 e. The molecule has 0 saturated carbocycles. The van der Waals surface area contributed by atoms with E-state index in [1.807, 2.05) is 0 Å². The summed E-state index contributed by atoms with van der Waals surface area (Å²) in [6.07, 6.45) is -4.52. The van der Waals surface area contributed by atoms with Crippen LogP contribution < -0.4 is 5.32 Å². The van der Waals surface area contributed by atoms with Gasteiger partial charge in [0, 0.05) is 12.7 Å². The highest BCUT2D eigenvalue weighted by Crippen LogP contribution is 2.34. The Balaban J connectivity index is 2.54. The molecule has 130 valence electrons. The lowest BCUT2D eigenvalue weighted by molar-refractivity contribution is -0.139. The van der Waals surface area contributed by atoms with E-state index in [-0.39, 0.29) is 17.7 Å². The van der Waals surface area contributed by atoms with Crippen molar-refractivity contribution in [2.75, 3.05) is 13.7 Å². The van der Waals surface area contributed by atoms with Crippen molar-refractivity contribution < 1.29 is 27.5 Å². The molecular weight excluding hydrogens is 325 g/mol. The van der Waals surface area contributed by atoms with Gasteiger partial charge in [-0.15, -0.1) is 0 Å². The Labute approximate surface area is 137 Å². The van der Waals surface area contributed by atoms with Gasteiger partial charge in [-0.1, -0.05) is 12.1 Å². The number of amides is 2. The molecule has 0 saturated heterocycles. The van der Waals surface area contributed by atoms with Gasteiger partial charge in [0.1, 0.15) is 0 Å². The van der Waals surface area contributed by atoms with Gasteiger partial charge in [-0.3, -0.25) is 0 Å². The van der Waals surface area contributed by atoms with Crippen molar-refractivity contribution in [2.45, 2.75) is 26.1 Å². The summed E-state index contributed by atoms with van der Waals surface area (Å²) in [6, 6.07) is 3.00. The van der Waals surface area contributed by atoms with E-state index in [2.05, 4.69) is 5.32 Å². The van der Waals surface area contributed by atoms with Gasteiger partial charge >= 0.3 is 18.2 Å². The van der Waals surface area contributed by atoms with Gasteiger partial charge in [-0.05, 0) is 31.5 Å². The molecule has 0 bridgehead atoms. The first-order chi connectivity index (χ1) is 11.2. The van der Waals surface area contributed by atoms with E-state index in [1.165, 1.54) is 24.1 Å². The molecule has 0 aliphatic carbocycles. The topological polar surface area (TPSA) is 58.6 Å². The first kappa shape index (κ1) is 17.8. The van der Waals surface area contributed by atoms with Crippen molar-refractivity contribution >= 4 is 12.0 Å². The number of allylic oxidation sites excluding steroid dienone is 1. The molecule has 0 aromatic heterocycles. The van der Waals surface area contributed by atoms with Crippen LogP contribution in [0.1, 0.15) is 31.0 Å². The SMILES string of the molecule is CCOC(=O)C1=C(C)N(C)C(=O)N[C@@H]1c1cccc(C(F)(F)F)c1. The molecule has 1 heterocycles. The molecule has 24 heavy (non-hydrogen) atoms. The van der Waals surface area contributed by atoms with Crippen molar-refractivity contribution in [2.24, 2.45) is 0 Å². The highest BCUT2D eigenvalue weighted by molar-refractivity contribution is 5.95. The third-order valence-electron chi connectivity index (χ3n) is 3.80. The minimum atomic E-state index is -4.52. The number of hydrogen-bond acceptors (Lipinski definition) is 3. The van der Waals surface area contributed by atoms with Crippen molar-refractivity contribution in [1.82, 2.24) is 10.2 Å². The van der Waals surface area contributed by atoms with Gasteiger partial charge in [0.15, 0.2) is 0 Å². The van der Waals surface area contributed by atoms with Crippen LogP contribution in [0, 0.1) is 0 Å². The third-order valence-corrected chi connectivity index (χ3v) is 3.80. The van der Waals surface area contributed by atoms with E-state index in [9.17, 15) is 22.8 Å². The maximum absolute atomic E-state index is 12.9. The summed E-state index contributed by atoms with van der Waals surface area (Å²) >= 11 is 0. The van der Waals surface area contributed by atoms with Gasteiger partial charge < -0.3 is 15.0 Å². The average Bonchev–Trinajstić information content (AvgIpc) is 2.51. The van der Waals surface area contributed by atoms with E-state index in [0.29, 0.717) is 5.70 Å². The van der Waals surface area contributed by atoms with Gasteiger partial charge in [0.2, 0.25) is 0 Å². The van der Waals surface area contributed by atoms with Crippen molar-refractivity contribution in [3.63, 3.8) is 0 Å². The summed E-state index contributed by atoms with van der Waals surface area (Å²) in [5, 5.41) is 2.54. The molecule has 0 radical (unpaired) electrons. The quantitative estimate of drug-likeness (QED) is 0.858. The molecule has 1 aliphatic rings. The van der Waals surface area contributed by atoms with Crippen LogP contribution in [-0.2, 0) is 15.7 Å². The van der Waals surface area contributed by atoms with Crippen molar-refractivity contribution in [3.05, 3.63) is 46.7 Å². The number of ether oxygens (including phenoxy) is 1. The maximum atomic E-state index is 12.9. The molecular formula is C16H17F3N2O3. The molecule has 1 atom stereocenters. The zero-order valence-electron chi connectivity index (χ0n) is 13.4. The molecule has 1 N–H and O–H groups in total. The number of esters is 1. The average molecular weight is 342 g/mol. The van der Waals surface area contributed by atoms with Crippen LogP contribution in [0.4, 0.5) is 18.0 Å². The second kappa shape index (κ2) is 6.54. The number of nitrogens with one attached hydrogen (secondary N) is 1. The molecule has 8 heteroatoms. The molecule has 2 rings (SSSR count). The standard InChI is InChI=1S/C16H17F3N2O3/c1-4-24-14(22)12-9(2)21(3)15(23)20-13(12)10-6-5-7-11(8-10)16(17,18)19/h5-8,13H,4H2,1-3H3,(H,20,23)/t13-/m1/s1. The Morgan fingerprint density at radius 3 is 2.62 bits per heavy atom. The van der Waals surface area contributed by atoms with Gasteiger partial charge in [0.05, 0.1) is 23.8 Å². The second-order valence-corrected chi connectivity index (χ2v) is 5.28. The number of urea groups is 1. The first-order valence-corrected chi connectivity index (χ1v) is 7.26. The summed E-state index contributed by atoms with van der Waals surface area (Å²) in [7, 11) is 1.46. The molecule has 5 nitrogen and oxygen atoms in total. The fraction of sp³-hybridized carbons (Fsp3) is 0.375. The Bertz CT molecular complexity index is 698. The highest BCUT2D eigenvalue weighted by atomic mass is 19.4. The summed E-state index contributed by atoms with van der Waals surface area (Å²) in [6.45, 7) is 3.28. The predicted molar refractivity (Wildman–Crippen MR) is 79.8 cm³/mol. The lowest BCUT2D eigenvalue weighted by Crippen LogP contribution is -2.46. The number of benzene rings is 1. The molecule has 1 aromatic rings. The Morgan fingerprint density at radius 1 is 1.38 bits per heavy atom. The van der Waals surface area contributed by atoms with Crippen LogP contribution in [0.25, 0.3) is 0 Å².